The van der Waals surface area contributed by atoms with E-state index in [-0.39, 0.29) is 18.5 Å². The van der Waals surface area contributed by atoms with Gasteiger partial charge in [0.05, 0.1) is 25.4 Å². The first-order valence-corrected chi connectivity index (χ1v) is 31.4. The van der Waals surface area contributed by atoms with Crippen LogP contribution in [0.3, 0.4) is 0 Å². The van der Waals surface area contributed by atoms with Crippen molar-refractivity contribution in [1.82, 2.24) is 5.32 Å². The molecule has 0 saturated heterocycles. The van der Waals surface area contributed by atoms with Gasteiger partial charge in [0.15, 0.2) is 0 Å². The molecule has 0 aromatic heterocycles. The molecule has 0 heterocycles. The van der Waals surface area contributed by atoms with Gasteiger partial charge in [-0.2, -0.15) is 0 Å². The van der Waals surface area contributed by atoms with Gasteiger partial charge in [-0.3, -0.25) is 9.59 Å². The van der Waals surface area contributed by atoms with Gasteiger partial charge in [0.1, 0.15) is 0 Å². The highest BCUT2D eigenvalue weighted by Crippen LogP contribution is 2.16. The Morgan fingerprint density at radius 2 is 0.704 bits per heavy atom. The molecule has 0 aromatic rings. The van der Waals surface area contributed by atoms with E-state index in [9.17, 15) is 19.8 Å². The number of unbranched alkanes of at least 4 members (excludes halogenated alkanes) is 41. The molecule has 0 aliphatic carbocycles. The highest BCUT2D eigenvalue weighted by molar-refractivity contribution is 5.76. The van der Waals surface area contributed by atoms with Crippen molar-refractivity contribution in [2.75, 3.05) is 13.2 Å². The molecule has 0 fully saturated rings. The summed E-state index contributed by atoms with van der Waals surface area (Å²) in [4.78, 5) is 24.5. The van der Waals surface area contributed by atoms with E-state index >= 15 is 0 Å². The molecule has 0 radical (unpaired) electrons. The van der Waals surface area contributed by atoms with Crippen LogP contribution in [0.25, 0.3) is 0 Å². The molecule has 0 saturated carbocycles. The third-order valence-corrected chi connectivity index (χ3v) is 14.3. The maximum absolute atomic E-state index is 12.4. The molecule has 1 amide bonds. The molecule has 0 bridgehead atoms. The van der Waals surface area contributed by atoms with E-state index in [1.54, 1.807) is 6.08 Å². The summed E-state index contributed by atoms with van der Waals surface area (Å²) in [5, 5.41) is 23.0. The second-order valence-corrected chi connectivity index (χ2v) is 21.4. The van der Waals surface area contributed by atoms with Crippen LogP contribution in [0.5, 0.6) is 0 Å². The van der Waals surface area contributed by atoms with E-state index in [1.165, 1.54) is 250 Å². The van der Waals surface area contributed by atoms with Gasteiger partial charge < -0.3 is 20.3 Å². The Balaban J connectivity index is 3.40. The van der Waals surface area contributed by atoms with Crippen molar-refractivity contribution in [3.8, 4) is 0 Å². The second-order valence-electron chi connectivity index (χ2n) is 21.4. The lowest BCUT2D eigenvalue weighted by atomic mass is 10.0. The van der Waals surface area contributed by atoms with Gasteiger partial charge in [-0.15, -0.1) is 0 Å². The number of carbonyl (C=O) groups excluding carboxylic acids is 2. The normalized spacial score (nSPS) is 12.9. The lowest BCUT2D eigenvalue weighted by molar-refractivity contribution is -0.143. The zero-order valence-electron chi connectivity index (χ0n) is 47.5. The van der Waals surface area contributed by atoms with E-state index in [4.69, 9.17) is 4.74 Å². The predicted octanol–water partition coefficient (Wildman–Crippen LogP) is 19.7. The summed E-state index contributed by atoms with van der Waals surface area (Å²) in [6.07, 6.45) is 77.4. The zero-order chi connectivity index (χ0) is 51.4. The lowest BCUT2D eigenvalue weighted by Crippen LogP contribution is -2.45. The Labute approximate surface area is 442 Å². The van der Waals surface area contributed by atoms with Crippen molar-refractivity contribution >= 4 is 11.9 Å². The first-order valence-electron chi connectivity index (χ1n) is 31.4. The van der Waals surface area contributed by atoms with Crippen LogP contribution in [0, 0.1) is 0 Å². The zero-order valence-corrected chi connectivity index (χ0v) is 47.5. The average Bonchev–Trinajstić information content (AvgIpc) is 3.37. The van der Waals surface area contributed by atoms with Crippen LogP contribution < -0.4 is 5.32 Å². The van der Waals surface area contributed by atoms with Crippen LogP contribution >= 0.6 is 0 Å². The minimum Gasteiger partial charge on any atom is -0.466 e. The molecule has 416 valence electrons. The van der Waals surface area contributed by atoms with Crippen LogP contribution in [0.1, 0.15) is 328 Å². The van der Waals surface area contributed by atoms with Gasteiger partial charge in [-0.05, 0) is 89.9 Å². The molecule has 6 heteroatoms. The number of nitrogens with one attached hydrogen (secondary N) is 1. The van der Waals surface area contributed by atoms with Gasteiger partial charge in [0.2, 0.25) is 5.91 Å². The van der Waals surface area contributed by atoms with Crippen molar-refractivity contribution in [1.29, 1.82) is 0 Å². The van der Waals surface area contributed by atoms with Crippen LogP contribution in [-0.4, -0.2) is 47.4 Å². The SMILES string of the molecule is CCCCCCCC/C=C\CCCCCCCC(=O)OCCCCCCCCCCC/C=C\C/C=C\CCCCCCCCCCCCCCCC(=O)NC(CO)C(O)/C=C/CCCCCCCCCC. The maximum Gasteiger partial charge on any atom is 0.305 e. The smallest absolute Gasteiger partial charge is 0.305 e. The quantitative estimate of drug-likeness (QED) is 0.0321. The molecule has 0 aromatic carbocycles. The predicted molar refractivity (Wildman–Crippen MR) is 310 cm³/mol. The molecule has 3 N–H and O–H groups in total. The average molecular weight is 997 g/mol. The van der Waals surface area contributed by atoms with E-state index in [2.05, 4.69) is 55.6 Å². The number of allylic oxidation sites excluding steroid dienone is 7. The summed E-state index contributed by atoms with van der Waals surface area (Å²) in [5.41, 5.74) is 0. The molecule has 0 spiro atoms. The lowest BCUT2D eigenvalue weighted by Gasteiger charge is -2.20. The van der Waals surface area contributed by atoms with Crippen LogP contribution in [-0.2, 0) is 14.3 Å². The number of ether oxygens (including phenoxy) is 1. The molecule has 0 rings (SSSR count). The second kappa shape index (κ2) is 60.4. The largest absolute Gasteiger partial charge is 0.466 e. The summed E-state index contributed by atoms with van der Waals surface area (Å²) >= 11 is 0. The summed E-state index contributed by atoms with van der Waals surface area (Å²) in [6, 6.07) is -0.627. The monoisotopic (exact) mass is 996 g/mol. The number of aliphatic hydroxyl groups excluding tert-OH is 2. The number of esters is 1. The Bertz CT molecular complexity index is 1190. The standard InChI is InChI=1S/C65H121NO5/c1-3-5-7-9-11-13-15-16-32-36-39-43-47-51-55-59-65(70)71-60-56-52-48-44-40-37-34-31-29-27-25-23-21-19-17-18-20-22-24-26-28-30-33-35-38-42-46-50-54-58-64(69)66-62(61-67)63(68)57-53-49-45-41-14-12-10-8-6-4-2/h16-17,19,23,25,32,53,57,62-63,67-68H,3-15,18,20-22,24,26-31,33-52,54-56,58-61H2,1-2H3,(H,66,69)/b19-17-,25-23-,32-16-,57-53+. The van der Waals surface area contributed by atoms with E-state index in [1.807, 2.05) is 6.08 Å². The van der Waals surface area contributed by atoms with Crippen molar-refractivity contribution < 1.29 is 24.5 Å². The van der Waals surface area contributed by atoms with Gasteiger partial charge in [-0.1, -0.05) is 274 Å². The van der Waals surface area contributed by atoms with Crippen LogP contribution in [0.4, 0.5) is 0 Å². The molecule has 2 unspecified atom stereocenters. The number of rotatable bonds is 58. The van der Waals surface area contributed by atoms with Crippen molar-refractivity contribution in [2.24, 2.45) is 0 Å². The molecule has 2 atom stereocenters. The number of hydrogen-bond acceptors (Lipinski definition) is 5. The Morgan fingerprint density at radius 3 is 1.08 bits per heavy atom. The van der Waals surface area contributed by atoms with Crippen molar-refractivity contribution in [3.63, 3.8) is 0 Å². The van der Waals surface area contributed by atoms with Crippen LogP contribution in [0.2, 0.25) is 0 Å². The first-order chi connectivity index (χ1) is 35.0. The van der Waals surface area contributed by atoms with Gasteiger partial charge in [0, 0.05) is 12.8 Å². The van der Waals surface area contributed by atoms with E-state index < -0.39 is 12.1 Å². The number of aliphatic hydroxyl groups is 2. The number of carbonyl (C=O) groups is 2. The minimum absolute atomic E-state index is 0.00335. The molecule has 0 aliphatic rings. The molecular formula is C65H121NO5. The molecule has 0 aliphatic heterocycles. The minimum atomic E-state index is -0.844. The van der Waals surface area contributed by atoms with E-state index in [0.717, 1.165) is 51.4 Å². The fourth-order valence-electron chi connectivity index (χ4n) is 9.48. The van der Waals surface area contributed by atoms with Gasteiger partial charge in [-0.25, -0.2) is 0 Å². The van der Waals surface area contributed by atoms with Crippen LogP contribution in [0.15, 0.2) is 48.6 Å². The van der Waals surface area contributed by atoms with Crippen molar-refractivity contribution in [2.45, 2.75) is 341 Å². The topological polar surface area (TPSA) is 95.9 Å². The van der Waals surface area contributed by atoms with Gasteiger partial charge in [0.25, 0.3) is 0 Å². The third-order valence-electron chi connectivity index (χ3n) is 14.3. The highest BCUT2D eigenvalue weighted by Gasteiger charge is 2.18. The summed E-state index contributed by atoms with van der Waals surface area (Å²) in [7, 11) is 0. The number of amides is 1. The van der Waals surface area contributed by atoms with Crippen molar-refractivity contribution in [3.05, 3.63) is 48.6 Å². The molecular weight excluding hydrogens is 875 g/mol. The number of hydrogen-bond donors (Lipinski definition) is 3. The Hall–Kier alpha value is -2.18. The Kier molecular flexibility index (Phi) is 58.5. The summed E-state index contributed by atoms with van der Waals surface area (Å²) in [6.45, 7) is 4.88. The highest BCUT2D eigenvalue weighted by atomic mass is 16.5. The molecule has 6 nitrogen and oxygen atoms in total. The summed E-state index contributed by atoms with van der Waals surface area (Å²) in [5.74, 6) is -0.0676. The Morgan fingerprint density at radius 1 is 0.394 bits per heavy atom. The maximum atomic E-state index is 12.4. The molecule has 71 heavy (non-hydrogen) atoms. The van der Waals surface area contributed by atoms with Gasteiger partial charge >= 0.3 is 5.97 Å². The first kappa shape index (κ1) is 68.8. The third kappa shape index (κ3) is 57.0. The fourth-order valence-corrected chi connectivity index (χ4v) is 9.48. The summed E-state index contributed by atoms with van der Waals surface area (Å²) < 4.78 is 5.48. The van der Waals surface area contributed by atoms with E-state index in [0.29, 0.717) is 19.4 Å². The fraction of sp³-hybridized carbons (Fsp3) is 0.846.